The van der Waals surface area contributed by atoms with Crippen molar-refractivity contribution in [1.29, 1.82) is 0 Å². The third-order valence-corrected chi connectivity index (χ3v) is 4.80. The first kappa shape index (κ1) is 21.1. The lowest BCUT2D eigenvalue weighted by Gasteiger charge is -2.39. The fourth-order valence-electron chi connectivity index (χ4n) is 2.82. The van der Waals surface area contributed by atoms with E-state index in [1.165, 1.54) is 0 Å². The van der Waals surface area contributed by atoms with E-state index in [1.807, 2.05) is 13.8 Å². The SMILES string of the molecule is CC(C)C(C(F)(F)F)C(C)(C)CCOC(C)(C)CSCN. The zero-order valence-corrected chi connectivity index (χ0v) is 14.8. The van der Waals surface area contributed by atoms with Crippen LogP contribution in [0.2, 0.25) is 0 Å². The van der Waals surface area contributed by atoms with Crippen LogP contribution in [0.25, 0.3) is 0 Å². The van der Waals surface area contributed by atoms with Gasteiger partial charge >= 0.3 is 6.18 Å². The summed E-state index contributed by atoms with van der Waals surface area (Å²) in [6.07, 6.45) is -3.80. The highest BCUT2D eigenvalue weighted by Crippen LogP contribution is 2.46. The van der Waals surface area contributed by atoms with Gasteiger partial charge in [-0.2, -0.15) is 13.2 Å². The molecule has 0 radical (unpaired) electrons. The maximum atomic E-state index is 13.2. The van der Waals surface area contributed by atoms with Crippen LogP contribution in [-0.4, -0.2) is 30.0 Å². The number of thioether (sulfide) groups is 1. The fraction of sp³-hybridized carbons (Fsp3) is 1.00. The van der Waals surface area contributed by atoms with Crippen molar-refractivity contribution in [1.82, 2.24) is 0 Å². The molecule has 6 heteroatoms. The Balaban J connectivity index is 4.60. The minimum absolute atomic E-state index is 0.324. The van der Waals surface area contributed by atoms with Gasteiger partial charge < -0.3 is 10.5 Å². The van der Waals surface area contributed by atoms with Gasteiger partial charge in [0.05, 0.1) is 11.5 Å². The lowest BCUT2D eigenvalue weighted by Crippen LogP contribution is -2.41. The molecule has 2 N–H and O–H groups in total. The van der Waals surface area contributed by atoms with Gasteiger partial charge in [-0.15, -0.1) is 11.8 Å². The molecule has 21 heavy (non-hydrogen) atoms. The Labute approximate surface area is 131 Å². The zero-order chi connectivity index (χ0) is 16.9. The minimum atomic E-state index is -4.18. The van der Waals surface area contributed by atoms with Crippen LogP contribution in [0.15, 0.2) is 0 Å². The van der Waals surface area contributed by atoms with Crippen molar-refractivity contribution in [2.24, 2.45) is 23.0 Å². The quantitative estimate of drug-likeness (QED) is 0.624. The van der Waals surface area contributed by atoms with Crippen molar-refractivity contribution in [3.05, 3.63) is 0 Å². The molecule has 0 saturated heterocycles. The van der Waals surface area contributed by atoms with Crippen molar-refractivity contribution < 1.29 is 17.9 Å². The highest BCUT2D eigenvalue weighted by atomic mass is 32.2. The number of hydrogen-bond donors (Lipinski definition) is 1. The number of rotatable bonds is 9. The van der Waals surface area contributed by atoms with Gasteiger partial charge in [0.2, 0.25) is 0 Å². The molecule has 0 aromatic rings. The first-order valence-corrected chi connectivity index (χ1v) is 8.47. The van der Waals surface area contributed by atoms with Gasteiger partial charge in [0, 0.05) is 18.2 Å². The molecule has 0 rings (SSSR count). The van der Waals surface area contributed by atoms with Crippen molar-refractivity contribution in [2.75, 3.05) is 18.2 Å². The lowest BCUT2D eigenvalue weighted by molar-refractivity contribution is -0.218. The molecule has 2 nitrogen and oxygen atoms in total. The van der Waals surface area contributed by atoms with Crippen LogP contribution < -0.4 is 5.73 Å². The zero-order valence-electron chi connectivity index (χ0n) is 14.0. The summed E-state index contributed by atoms with van der Waals surface area (Å²) in [7, 11) is 0. The molecule has 0 aromatic carbocycles. The van der Waals surface area contributed by atoms with Gasteiger partial charge in [0.1, 0.15) is 0 Å². The molecular weight excluding hydrogens is 299 g/mol. The van der Waals surface area contributed by atoms with E-state index in [4.69, 9.17) is 10.5 Å². The maximum Gasteiger partial charge on any atom is 0.392 e. The van der Waals surface area contributed by atoms with Gasteiger partial charge in [-0.1, -0.05) is 27.7 Å². The predicted molar refractivity (Wildman–Crippen MR) is 84.3 cm³/mol. The molecule has 128 valence electrons. The van der Waals surface area contributed by atoms with Crippen LogP contribution in [0.4, 0.5) is 13.2 Å². The molecule has 1 unspecified atom stereocenters. The first-order valence-electron chi connectivity index (χ1n) is 7.32. The van der Waals surface area contributed by atoms with Crippen LogP contribution in [0, 0.1) is 17.3 Å². The van der Waals surface area contributed by atoms with Gasteiger partial charge in [-0.3, -0.25) is 0 Å². The summed E-state index contributed by atoms with van der Waals surface area (Å²) in [6.45, 7) is 10.8. The number of nitrogens with two attached hydrogens (primary N) is 1. The third kappa shape index (κ3) is 7.75. The fourth-order valence-corrected chi connectivity index (χ4v) is 3.51. The summed E-state index contributed by atoms with van der Waals surface area (Å²) in [5, 5.41) is 0. The summed E-state index contributed by atoms with van der Waals surface area (Å²) in [4.78, 5) is 0. The second kappa shape index (κ2) is 8.06. The van der Waals surface area contributed by atoms with Crippen LogP contribution in [-0.2, 0) is 4.74 Å². The second-order valence-corrected chi connectivity index (χ2v) is 8.16. The molecule has 0 saturated carbocycles. The first-order chi connectivity index (χ1) is 9.33. The van der Waals surface area contributed by atoms with E-state index >= 15 is 0 Å². The summed E-state index contributed by atoms with van der Waals surface area (Å²) in [5.74, 6) is -0.519. The Bertz CT molecular complexity index is 304. The average molecular weight is 329 g/mol. The molecule has 0 fully saturated rings. The molecule has 0 spiro atoms. The minimum Gasteiger partial charge on any atom is -0.375 e. The van der Waals surface area contributed by atoms with E-state index in [1.54, 1.807) is 39.5 Å². The van der Waals surface area contributed by atoms with Crippen LogP contribution in [0.3, 0.4) is 0 Å². The van der Waals surface area contributed by atoms with E-state index in [9.17, 15) is 13.2 Å². The monoisotopic (exact) mass is 329 g/mol. The molecule has 0 aromatic heterocycles. The van der Waals surface area contributed by atoms with E-state index < -0.39 is 23.4 Å². The molecule has 0 bridgehead atoms. The highest BCUT2D eigenvalue weighted by Gasteiger charge is 2.50. The van der Waals surface area contributed by atoms with Crippen molar-refractivity contribution >= 4 is 11.8 Å². The van der Waals surface area contributed by atoms with Crippen LogP contribution in [0.5, 0.6) is 0 Å². The van der Waals surface area contributed by atoms with Crippen LogP contribution in [0.1, 0.15) is 48.0 Å². The van der Waals surface area contributed by atoms with E-state index in [-0.39, 0.29) is 5.60 Å². The molecule has 0 aliphatic heterocycles. The number of alkyl halides is 3. The van der Waals surface area contributed by atoms with Gasteiger partial charge in [0.25, 0.3) is 0 Å². The largest absolute Gasteiger partial charge is 0.392 e. The Kier molecular flexibility index (Phi) is 8.09. The van der Waals surface area contributed by atoms with Gasteiger partial charge in [-0.05, 0) is 31.6 Å². The standard InChI is InChI=1S/C15H30F3NOS/c1-11(2)12(15(16,17)18)13(3,4)7-8-20-14(5,6)9-21-10-19/h11-12H,7-10,19H2,1-6H3. The van der Waals surface area contributed by atoms with Crippen LogP contribution >= 0.6 is 11.8 Å². The molecule has 1 atom stereocenters. The highest BCUT2D eigenvalue weighted by molar-refractivity contribution is 7.99. The Morgan fingerprint density at radius 3 is 2.00 bits per heavy atom. The summed E-state index contributed by atoms with van der Waals surface area (Å²) in [5.41, 5.74) is 4.22. The maximum absolute atomic E-state index is 13.2. The van der Waals surface area contributed by atoms with E-state index in [0.717, 1.165) is 5.75 Å². The van der Waals surface area contributed by atoms with E-state index in [2.05, 4.69) is 0 Å². The lowest BCUT2D eigenvalue weighted by atomic mass is 9.70. The molecular formula is C15H30F3NOS. The normalized spacial score (nSPS) is 15.6. The van der Waals surface area contributed by atoms with Crippen molar-refractivity contribution in [3.8, 4) is 0 Å². The third-order valence-electron chi connectivity index (χ3n) is 3.67. The summed E-state index contributed by atoms with van der Waals surface area (Å²) < 4.78 is 45.5. The van der Waals surface area contributed by atoms with E-state index in [0.29, 0.717) is 18.9 Å². The molecule has 0 amide bonds. The topological polar surface area (TPSA) is 35.2 Å². The molecule has 0 heterocycles. The second-order valence-electron chi connectivity index (χ2n) is 7.13. The predicted octanol–water partition coefficient (Wildman–Crippen LogP) is 4.68. The average Bonchev–Trinajstić information content (AvgIpc) is 2.22. The summed E-state index contributed by atoms with van der Waals surface area (Å²) >= 11 is 1.56. The Morgan fingerprint density at radius 1 is 1.10 bits per heavy atom. The van der Waals surface area contributed by atoms with Crippen molar-refractivity contribution in [2.45, 2.75) is 59.7 Å². The molecule has 0 aliphatic carbocycles. The smallest absolute Gasteiger partial charge is 0.375 e. The van der Waals surface area contributed by atoms with Gasteiger partial charge in [0.15, 0.2) is 0 Å². The Hall–Kier alpha value is 0.0600. The number of ether oxygens (including phenoxy) is 1. The van der Waals surface area contributed by atoms with Gasteiger partial charge in [-0.25, -0.2) is 0 Å². The Morgan fingerprint density at radius 2 is 1.62 bits per heavy atom. The van der Waals surface area contributed by atoms with Crippen molar-refractivity contribution in [3.63, 3.8) is 0 Å². The summed E-state index contributed by atoms with van der Waals surface area (Å²) in [6, 6.07) is 0. The number of halogens is 3. The molecule has 0 aliphatic rings. The number of hydrogen-bond acceptors (Lipinski definition) is 3.